The van der Waals surface area contributed by atoms with Gasteiger partial charge in [-0.3, -0.25) is 4.79 Å². The van der Waals surface area contributed by atoms with Crippen molar-refractivity contribution in [3.8, 4) is 0 Å². The van der Waals surface area contributed by atoms with E-state index in [0.29, 0.717) is 11.8 Å². The van der Waals surface area contributed by atoms with Crippen LogP contribution in [0.2, 0.25) is 0 Å². The molecule has 3 rings (SSSR count). The molecule has 1 aliphatic heterocycles. The molecule has 1 fully saturated rings. The molecule has 2 heterocycles. The predicted molar refractivity (Wildman–Crippen MR) is 86.9 cm³/mol. The molecular weight excluding hydrogens is 284 g/mol. The van der Waals surface area contributed by atoms with E-state index < -0.39 is 0 Å². The van der Waals surface area contributed by atoms with Crippen molar-refractivity contribution in [1.29, 1.82) is 0 Å². The summed E-state index contributed by atoms with van der Waals surface area (Å²) in [7, 11) is 0. The fourth-order valence-corrected chi connectivity index (χ4v) is 3.67. The van der Waals surface area contributed by atoms with Gasteiger partial charge < -0.3 is 15.0 Å². The van der Waals surface area contributed by atoms with Crippen LogP contribution in [0.5, 0.6) is 0 Å². The summed E-state index contributed by atoms with van der Waals surface area (Å²) in [5.74, 6) is 0.957. The lowest BCUT2D eigenvalue weighted by molar-refractivity contribution is 0.0956. The van der Waals surface area contributed by atoms with Crippen LogP contribution in [0.15, 0.2) is 30.5 Å². The number of rotatable bonds is 5. The second-order valence-electron chi connectivity index (χ2n) is 5.19. The Labute approximate surface area is 128 Å². The average Bonchev–Trinajstić information content (AvgIpc) is 2.96. The fraction of sp³-hybridized carbons (Fsp3) is 0.438. The molecule has 4 nitrogen and oxygen atoms in total. The zero-order valence-corrected chi connectivity index (χ0v) is 12.7. The van der Waals surface area contributed by atoms with E-state index in [9.17, 15) is 4.79 Å². The van der Waals surface area contributed by atoms with Crippen LogP contribution in [0.3, 0.4) is 0 Å². The van der Waals surface area contributed by atoms with E-state index in [0.717, 1.165) is 48.3 Å². The second kappa shape index (κ2) is 7.00. The van der Waals surface area contributed by atoms with Gasteiger partial charge in [-0.1, -0.05) is 18.2 Å². The number of fused-ring (bicyclic) bond motifs is 1. The average molecular weight is 304 g/mol. The maximum atomic E-state index is 12.2. The topological polar surface area (TPSA) is 54.1 Å². The summed E-state index contributed by atoms with van der Waals surface area (Å²) in [6, 6.07) is 7.86. The van der Waals surface area contributed by atoms with Crippen molar-refractivity contribution in [2.75, 3.05) is 25.5 Å². The molecule has 21 heavy (non-hydrogen) atoms. The fourth-order valence-electron chi connectivity index (χ4n) is 2.59. The quantitative estimate of drug-likeness (QED) is 0.835. The summed E-state index contributed by atoms with van der Waals surface area (Å²) in [5.41, 5.74) is 1.72. The van der Waals surface area contributed by atoms with Crippen molar-refractivity contribution in [1.82, 2.24) is 10.3 Å². The van der Waals surface area contributed by atoms with Crippen molar-refractivity contribution in [2.24, 2.45) is 0 Å². The molecule has 5 heteroatoms. The van der Waals surface area contributed by atoms with E-state index in [1.165, 1.54) is 0 Å². The van der Waals surface area contributed by atoms with Crippen LogP contribution in [-0.4, -0.2) is 41.7 Å². The summed E-state index contributed by atoms with van der Waals surface area (Å²) in [6.07, 6.45) is 4.04. The molecule has 0 saturated carbocycles. The van der Waals surface area contributed by atoms with E-state index in [4.69, 9.17) is 4.74 Å². The van der Waals surface area contributed by atoms with Crippen LogP contribution in [-0.2, 0) is 4.74 Å². The largest absolute Gasteiger partial charge is 0.381 e. The van der Waals surface area contributed by atoms with Crippen molar-refractivity contribution in [3.63, 3.8) is 0 Å². The Morgan fingerprint density at radius 3 is 3.00 bits per heavy atom. The number of thioether (sulfide) groups is 1. The smallest absolute Gasteiger partial charge is 0.253 e. The van der Waals surface area contributed by atoms with Crippen LogP contribution in [0.25, 0.3) is 10.9 Å². The molecule has 1 aromatic heterocycles. The Kier molecular flexibility index (Phi) is 4.83. The molecule has 1 saturated heterocycles. The van der Waals surface area contributed by atoms with E-state index in [1.807, 2.05) is 36.0 Å². The third kappa shape index (κ3) is 3.60. The highest BCUT2D eigenvalue weighted by molar-refractivity contribution is 7.99. The number of aromatic nitrogens is 1. The highest BCUT2D eigenvalue weighted by Gasteiger charge is 2.14. The lowest BCUT2D eigenvalue weighted by Gasteiger charge is -2.21. The van der Waals surface area contributed by atoms with Crippen LogP contribution in [0.1, 0.15) is 23.2 Å². The molecule has 0 aliphatic carbocycles. The third-order valence-electron chi connectivity index (χ3n) is 3.74. The first-order valence-corrected chi connectivity index (χ1v) is 8.43. The first kappa shape index (κ1) is 14.5. The van der Waals surface area contributed by atoms with Crippen molar-refractivity contribution < 1.29 is 9.53 Å². The minimum Gasteiger partial charge on any atom is -0.381 e. The van der Waals surface area contributed by atoms with Gasteiger partial charge in [0.2, 0.25) is 0 Å². The number of hydrogen-bond donors (Lipinski definition) is 2. The summed E-state index contributed by atoms with van der Waals surface area (Å²) < 4.78 is 5.35. The van der Waals surface area contributed by atoms with Crippen LogP contribution in [0.4, 0.5) is 0 Å². The predicted octanol–water partition coefficient (Wildman–Crippen LogP) is 2.81. The van der Waals surface area contributed by atoms with Gasteiger partial charge in [-0.05, 0) is 18.9 Å². The molecule has 0 unspecified atom stereocenters. The van der Waals surface area contributed by atoms with Crippen molar-refractivity contribution in [3.05, 3.63) is 36.0 Å². The van der Waals surface area contributed by atoms with Gasteiger partial charge >= 0.3 is 0 Å². The number of carbonyl (C=O) groups is 1. The molecule has 0 bridgehead atoms. The number of nitrogens with one attached hydrogen (secondary N) is 2. The second-order valence-corrected chi connectivity index (χ2v) is 6.59. The van der Waals surface area contributed by atoms with Gasteiger partial charge in [0, 0.05) is 47.9 Å². The maximum absolute atomic E-state index is 12.2. The Morgan fingerprint density at radius 1 is 1.33 bits per heavy atom. The van der Waals surface area contributed by atoms with Crippen LogP contribution in [0, 0.1) is 0 Å². The van der Waals surface area contributed by atoms with Gasteiger partial charge in [0.05, 0.1) is 5.56 Å². The highest BCUT2D eigenvalue weighted by atomic mass is 32.2. The van der Waals surface area contributed by atoms with E-state index >= 15 is 0 Å². The van der Waals surface area contributed by atoms with E-state index in [-0.39, 0.29) is 5.91 Å². The van der Waals surface area contributed by atoms with Crippen LogP contribution >= 0.6 is 11.8 Å². The first-order chi connectivity index (χ1) is 10.3. The molecular formula is C16H20N2O2S. The Bertz CT molecular complexity index is 605. The molecule has 0 atom stereocenters. The minimum absolute atomic E-state index is 0.0000255. The standard InChI is InChI=1S/C16H20N2O2S/c19-16(14-11-18-15-4-2-1-3-13(14)15)17-7-10-21-12-5-8-20-9-6-12/h1-4,11-12,18H,5-10H2,(H,17,19). The summed E-state index contributed by atoms with van der Waals surface area (Å²) in [5, 5.41) is 4.67. The van der Waals surface area contributed by atoms with Crippen molar-refractivity contribution >= 4 is 28.6 Å². The molecule has 0 spiro atoms. The zero-order valence-electron chi connectivity index (χ0n) is 11.9. The zero-order chi connectivity index (χ0) is 14.5. The monoisotopic (exact) mass is 304 g/mol. The molecule has 1 amide bonds. The minimum atomic E-state index is 0.0000255. The highest BCUT2D eigenvalue weighted by Crippen LogP contribution is 2.21. The van der Waals surface area contributed by atoms with Gasteiger partial charge in [0.1, 0.15) is 0 Å². The number of carbonyl (C=O) groups excluding carboxylic acids is 1. The van der Waals surface area contributed by atoms with Gasteiger partial charge in [-0.25, -0.2) is 0 Å². The molecule has 2 N–H and O–H groups in total. The van der Waals surface area contributed by atoms with Gasteiger partial charge in [0.25, 0.3) is 5.91 Å². The molecule has 1 aromatic carbocycles. The summed E-state index contributed by atoms with van der Waals surface area (Å²) >= 11 is 1.94. The SMILES string of the molecule is O=C(NCCSC1CCOCC1)c1c[nH]c2ccccc12. The summed E-state index contributed by atoms with van der Waals surface area (Å²) in [4.78, 5) is 15.3. The molecule has 2 aromatic rings. The Hall–Kier alpha value is -1.46. The number of ether oxygens (including phenoxy) is 1. The van der Waals surface area contributed by atoms with Gasteiger partial charge in [-0.2, -0.15) is 11.8 Å². The number of aromatic amines is 1. The Balaban J connectivity index is 1.48. The molecule has 1 aliphatic rings. The summed E-state index contributed by atoms with van der Waals surface area (Å²) in [6.45, 7) is 2.46. The number of benzene rings is 1. The Morgan fingerprint density at radius 2 is 2.14 bits per heavy atom. The number of H-pyrrole nitrogens is 1. The number of para-hydroxylation sites is 1. The van der Waals surface area contributed by atoms with E-state index in [1.54, 1.807) is 6.20 Å². The molecule has 112 valence electrons. The normalized spacial score (nSPS) is 16.2. The van der Waals surface area contributed by atoms with Crippen LogP contribution < -0.4 is 5.32 Å². The van der Waals surface area contributed by atoms with E-state index in [2.05, 4.69) is 10.3 Å². The third-order valence-corrected chi connectivity index (χ3v) is 5.13. The lowest BCUT2D eigenvalue weighted by Crippen LogP contribution is -2.26. The van der Waals surface area contributed by atoms with Gasteiger partial charge in [0.15, 0.2) is 0 Å². The first-order valence-electron chi connectivity index (χ1n) is 7.38. The van der Waals surface area contributed by atoms with Crippen molar-refractivity contribution in [2.45, 2.75) is 18.1 Å². The molecule has 0 radical (unpaired) electrons. The number of hydrogen-bond acceptors (Lipinski definition) is 3. The number of amides is 1. The van der Waals surface area contributed by atoms with Gasteiger partial charge in [-0.15, -0.1) is 0 Å². The maximum Gasteiger partial charge on any atom is 0.253 e. The lowest BCUT2D eigenvalue weighted by atomic mass is 10.1.